The van der Waals surface area contributed by atoms with Crippen molar-refractivity contribution in [2.24, 2.45) is 0 Å². The summed E-state index contributed by atoms with van der Waals surface area (Å²) in [6, 6.07) is 5.85. The van der Waals surface area contributed by atoms with Gasteiger partial charge < -0.3 is 23.1 Å². The van der Waals surface area contributed by atoms with E-state index in [2.05, 4.69) is 8.92 Å². The molecule has 1 aliphatic rings. The molecule has 0 atom stereocenters. The number of ether oxygens (including phenoxy) is 4. The molecule has 1 heterocycles. The summed E-state index contributed by atoms with van der Waals surface area (Å²) >= 11 is 0. The topological polar surface area (TPSA) is 114 Å². The molecule has 13 heteroatoms. The second-order valence-electron chi connectivity index (χ2n) is 5.13. The van der Waals surface area contributed by atoms with E-state index in [-0.39, 0.29) is 11.3 Å². The first kappa shape index (κ1) is 22.1. The fourth-order valence-electron chi connectivity index (χ4n) is 2.24. The van der Waals surface area contributed by atoms with Gasteiger partial charge in [-0.3, -0.25) is 0 Å². The van der Waals surface area contributed by atoms with Crippen molar-refractivity contribution in [3.63, 3.8) is 0 Å². The molecule has 0 N–H and O–H groups in total. The van der Waals surface area contributed by atoms with E-state index in [1.165, 1.54) is 25.3 Å². The number of methoxy groups -OCH3 is 3. The highest BCUT2D eigenvalue weighted by Gasteiger charge is 2.52. The Kier molecular flexibility index (Phi) is 6.11. The number of carbonyl (C=O) groups is 2. The van der Waals surface area contributed by atoms with Crippen LogP contribution >= 0.6 is 0 Å². The Hall–Kier alpha value is -3.22. The lowest BCUT2D eigenvalue weighted by molar-refractivity contribution is -0.135. The lowest BCUT2D eigenvalue weighted by Gasteiger charge is -2.13. The number of carbonyl (C=O) groups excluding carboxylic acids is 2. The van der Waals surface area contributed by atoms with E-state index in [0.29, 0.717) is 0 Å². The van der Waals surface area contributed by atoms with Crippen LogP contribution in [0, 0.1) is 0 Å². The Morgan fingerprint density at radius 1 is 1.03 bits per heavy atom. The first-order valence-corrected chi connectivity index (χ1v) is 8.86. The maximum atomic E-state index is 12.6. The minimum Gasteiger partial charge on any atom is -0.496 e. The number of alkyl halides is 3. The lowest BCUT2D eigenvalue weighted by atomic mass is 10.0. The number of para-hydroxylation sites is 1. The van der Waals surface area contributed by atoms with Crippen molar-refractivity contribution in [1.82, 2.24) is 0 Å². The summed E-state index contributed by atoms with van der Waals surface area (Å²) < 4.78 is 83.6. The molecule has 0 radical (unpaired) electrons. The van der Waals surface area contributed by atoms with Crippen LogP contribution in [0.4, 0.5) is 13.2 Å². The van der Waals surface area contributed by atoms with Gasteiger partial charge in [-0.25, -0.2) is 9.59 Å². The molecule has 0 unspecified atom stereocenters. The van der Waals surface area contributed by atoms with Crippen LogP contribution in [0.25, 0.3) is 5.57 Å². The fraction of sp³-hybridized carbons (Fsp3) is 0.250. The molecule has 158 valence electrons. The summed E-state index contributed by atoms with van der Waals surface area (Å²) in [6.45, 7) is 0. The van der Waals surface area contributed by atoms with Crippen molar-refractivity contribution >= 4 is 27.6 Å². The normalized spacial score (nSPS) is 16.3. The molecule has 0 aliphatic carbocycles. The minimum absolute atomic E-state index is 0.0270. The third-order valence-electron chi connectivity index (χ3n) is 3.47. The molecule has 29 heavy (non-hydrogen) atoms. The second-order valence-corrected chi connectivity index (χ2v) is 6.67. The first-order chi connectivity index (χ1) is 13.5. The molecular formula is C16H13F3O9S. The summed E-state index contributed by atoms with van der Waals surface area (Å²) in [7, 11) is -3.04. The highest BCUT2D eigenvalue weighted by molar-refractivity contribution is 7.87. The van der Waals surface area contributed by atoms with Crippen LogP contribution in [0.15, 0.2) is 41.5 Å². The predicted octanol–water partition coefficient (Wildman–Crippen LogP) is 1.86. The molecule has 2 rings (SSSR count). The summed E-state index contributed by atoms with van der Waals surface area (Å²) in [4.78, 5) is 24.4. The SMILES string of the molecule is COC(=O)/C(=C1/OC(=O)C(OS(=O)(=O)C(F)(F)F)=C1OC)c1ccccc1OC. The van der Waals surface area contributed by atoms with E-state index in [9.17, 15) is 31.2 Å². The molecule has 1 aromatic carbocycles. The van der Waals surface area contributed by atoms with E-state index in [1.807, 2.05) is 0 Å². The van der Waals surface area contributed by atoms with Gasteiger partial charge >= 0.3 is 27.6 Å². The van der Waals surface area contributed by atoms with Crippen molar-refractivity contribution in [2.45, 2.75) is 5.51 Å². The number of esters is 2. The van der Waals surface area contributed by atoms with Crippen molar-refractivity contribution in [3.05, 3.63) is 47.1 Å². The third kappa shape index (κ3) is 4.13. The number of halogens is 3. The second kappa shape index (κ2) is 8.03. The average Bonchev–Trinajstić information content (AvgIpc) is 2.95. The van der Waals surface area contributed by atoms with Gasteiger partial charge in [0.1, 0.15) is 11.3 Å². The Morgan fingerprint density at radius 3 is 2.17 bits per heavy atom. The molecule has 0 spiro atoms. The first-order valence-electron chi connectivity index (χ1n) is 7.46. The Morgan fingerprint density at radius 2 is 1.66 bits per heavy atom. The number of hydrogen-bond acceptors (Lipinski definition) is 9. The molecule has 0 aromatic heterocycles. The summed E-state index contributed by atoms with van der Waals surface area (Å²) in [5, 5.41) is 0. The van der Waals surface area contributed by atoms with Gasteiger partial charge in [-0.15, -0.1) is 0 Å². The lowest BCUT2D eigenvalue weighted by Crippen LogP contribution is -2.26. The van der Waals surface area contributed by atoms with Gasteiger partial charge in [-0.2, -0.15) is 21.6 Å². The van der Waals surface area contributed by atoms with Crippen LogP contribution in [0.2, 0.25) is 0 Å². The molecule has 1 aromatic rings. The van der Waals surface area contributed by atoms with Gasteiger partial charge in [0.05, 0.1) is 21.3 Å². The third-order valence-corrected chi connectivity index (χ3v) is 4.42. The van der Waals surface area contributed by atoms with Gasteiger partial charge in [-0.05, 0) is 6.07 Å². The van der Waals surface area contributed by atoms with Crippen molar-refractivity contribution in [2.75, 3.05) is 21.3 Å². The van der Waals surface area contributed by atoms with E-state index in [1.54, 1.807) is 6.07 Å². The molecule has 0 fully saturated rings. The van der Waals surface area contributed by atoms with Crippen molar-refractivity contribution < 1.29 is 54.3 Å². The van der Waals surface area contributed by atoms with E-state index >= 15 is 0 Å². The van der Waals surface area contributed by atoms with Crippen LogP contribution in [0.1, 0.15) is 5.56 Å². The molecule has 9 nitrogen and oxygen atoms in total. The quantitative estimate of drug-likeness (QED) is 0.284. The zero-order chi connectivity index (χ0) is 22.0. The monoisotopic (exact) mass is 438 g/mol. The van der Waals surface area contributed by atoms with Crippen molar-refractivity contribution in [1.29, 1.82) is 0 Å². The van der Waals surface area contributed by atoms with Crippen LogP contribution in [-0.4, -0.2) is 47.2 Å². The predicted molar refractivity (Wildman–Crippen MR) is 88.1 cm³/mol. The molecule has 1 aliphatic heterocycles. The molecular weight excluding hydrogens is 425 g/mol. The van der Waals surface area contributed by atoms with Gasteiger partial charge in [-0.1, -0.05) is 18.2 Å². The molecule has 0 saturated carbocycles. The van der Waals surface area contributed by atoms with Crippen LogP contribution in [0.5, 0.6) is 5.75 Å². The fourth-order valence-corrected chi connectivity index (χ4v) is 2.70. The Bertz CT molecular complexity index is 1010. The van der Waals surface area contributed by atoms with Crippen LogP contribution in [0.3, 0.4) is 0 Å². The Labute approximate surface area is 162 Å². The summed E-state index contributed by atoms with van der Waals surface area (Å²) in [6.07, 6.45) is 0. The zero-order valence-corrected chi connectivity index (χ0v) is 15.8. The minimum atomic E-state index is -6.21. The van der Waals surface area contributed by atoms with Gasteiger partial charge in [0.15, 0.2) is 5.76 Å². The highest BCUT2D eigenvalue weighted by atomic mass is 32.2. The molecule has 0 bridgehead atoms. The van der Waals surface area contributed by atoms with Gasteiger partial charge in [0.2, 0.25) is 5.76 Å². The maximum absolute atomic E-state index is 12.6. The summed E-state index contributed by atoms with van der Waals surface area (Å²) in [5.41, 5.74) is -6.27. The van der Waals surface area contributed by atoms with E-state index in [0.717, 1.165) is 14.2 Å². The van der Waals surface area contributed by atoms with E-state index in [4.69, 9.17) is 14.2 Å². The van der Waals surface area contributed by atoms with Crippen LogP contribution < -0.4 is 4.74 Å². The van der Waals surface area contributed by atoms with Gasteiger partial charge in [0, 0.05) is 5.56 Å². The van der Waals surface area contributed by atoms with Crippen molar-refractivity contribution in [3.8, 4) is 5.75 Å². The maximum Gasteiger partial charge on any atom is 0.534 e. The number of rotatable bonds is 6. The number of cyclic esters (lactones) is 1. The largest absolute Gasteiger partial charge is 0.534 e. The average molecular weight is 438 g/mol. The smallest absolute Gasteiger partial charge is 0.496 e. The standard InChI is InChI=1S/C16H13F3O9S/c1-24-9-7-5-4-6-8(9)10(14(20)26-3)11-12(25-2)13(15(21)27-11)28-29(22,23)16(17,18)19/h4-7H,1-3H3/b11-10+. The number of hydrogen-bond donors (Lipinski definition) is 0. The summed E-state index contributed by atoms with van der Waals surface area (Å²) in [5.74, 6) is -5.55. The zero-order valence-electron chi connectivity index (χ0n) is 15.0. The van der Waals surface area contributed by atoms with Gasteiger partial charge in [0.25, 0.3) is 5.76 Å². The molecule has 0 saturated heterocycles. The number of benzene rings is 1. The van der Waals surface area contributed by atoms with E-state index < -0.39 is 50.4 Å². The molecule has 0 amide bonds. The highest BCUT2D eigenvalue weighted by Crippen LogP contribution is 2.39. The van der Waals surface area contributed by atoms with Crippen LogP contribution in [-0.2, 0) is 38.1 Å². The Balaban J connectivity index is 2.77.